The Morgan fingerprint density at radius 2 is 2.32 bits per heavy atom. The monoisotopic (exact) mass is 281 g/mol. The minimum absolute atomic E-state index is 0.0615. The highest BCUT2D eigenvalue weighted by Crippen LogP contribution is 2.20. The summed E-state index contributed by atoms with van der Waals surface area (Å²) >= 11 is 1.68. The number of hydrogen-bond donors (Lipinski definition) is 1. The van der Waals surface area contributed by atoms with E-state index in [1.807, 2.05) is 19.9 Å². The molecule has 0 saturated carbocycles. The van der Waals surface area contributed by atoms with Crippen molar-refractivity contribution in [1.29, 1.82) is 0 Å². The van der Waals surface area contributed by atoms with E-state index in [4.69, 9.17) is 4.74 Å². The van der Waals surface area contributed by atoms with Gasteiger partial charge in [0.1, 0.15) is 0 Å². The van der Waals surface area contributed by atoms with Crippen molar-refractivity contribution in [3.05, 3.63) is 21.4 Å². The quantitative estimate of drug-likeness (QED) is 0.840. The molecule has 1 N–H and O–H groups in total. The Hall–Kier alpha value is -0.870. The Labute approximate surface area is 119 Å². The minimum Gasteiger partial charge on any atom is -0.378 e. The van der Waals surface area contributed by atoms with E-state index in [1.165, 1.54) is 24.1 Å². The highest BCUT2D eigenvalue weighted by atomic mass is 32.1. The van der Waals surface area contributed by atoms with Crippen LogP contribution in [0, 0.1) is 13.8 Å². The Morgan fingerprint density at radius 1 is 1.47 bits per heavy atom. The molecule has 0 aromatic carbocycles. The van der Waals surface area contributed by atoms with Crippen LogP contribution in [0.5, 0.6) is 0 Å². The maximum atomic E-state index is 12.0. The van der Waals surface area contributed by atoms with Crippen LogP contribution in [0.15, 0.2) is 6.07 Å². The standard InChI is InChI=1S/C15H23NO2S/c1-11-10-14(12(2)19-11)15(17)16-8-5-7-13-6-3-4-9-18-13/h10,13H,3-9H2,1-2H3,(H,16,17)/t13-/m1/s1. The van der Waals surface area contributed by atoms with Gasteiger partial charge >= 0.3 is 0 Å². The highest BCUT2D eigenvalue weighted by Gasteiger charge is 2.14. The molecule has 2 rings (SSSR count). The van der Waals surface area contributed by atoms with Gasteiger partial charge in [-0.05, 0) is 52.0 Å². The number of rotatable bonds is 5. The van der Waals surface area contributed by atoms with E-state index in [9.17, 15) is 4.79 Å². The highest BCUT2D eigenvalue weighted by molar-refractivity contribution is 7.12. The molecule has 1 atom stereocenters. The van der Waals surface area contributed by atoms with Crippen molar-refractivity contribution in [2.75, 3.05) is 13.2 Å². The van der Waals surface area contributed by atoms with Gasteiger partial charge in [-0.25, -0.2) is 0 Å². The summed E-state index contributed by atoms with van der Waals surface area (Å²) in [4.78, 5) is 14.3. The topological polar surface area (TPSA) is 38.3 Å². The summed E-state index contributed by atoms with van der Waals surface area (Å²) < 4.78 is 5.68. The fraction of sp³-hybridized carbons (Fsp3) is 0.667. The van der Waals surface area contributed by atoms with Crippen molar-refractivity contribution in [3.8, 4) is 0 Å². The number of amides is 1. The van der Waals surface area contributed by atoms with Crippen LogP contribution in [0.1, 0.15) is 52.2 Å². The van der Waals surface area contributed by atoms with Gasteiger partial charge in [0.15, 0.2) is 0 Å². The average molecular weight is 281 g/mol. The number of hydrogen-bond acceptors (Lipinski definition) is 3. The number of carbonyl (C=O) groups excluding carboxylic acids is 1. The van der Waals surface area contributed by atoms with Gasteiger partial charge in [0.05, 0.1) is 11.7 Å². The molecule has 0 radical (unpaired) electrons. The summed E-state index contributed by atoms with van der Waals surface area (Å²) in [5.74, 6) is 0.0615. The molecule has 106 valence electrons. The van der Waals surface area contributed by atoms with E-state index < -0.39 is 0 Å². The molecule has 0 spiro atoms. The fourth-order valence-electron chi connectivity index (χ4n) is 2.52. The minimum atomic E-state index is 0.0615. The Morgan fingerprint density at radius 3 is 2.95 bits per heavy atom. The summed E-state index contributed by atoms with van der Waals surface area (Å²) in [6.45, 7) is 5.69. The summed E-state index contributed by atoms with van der Waals surface area (Å²) in [6.07, 6.45) is 6.13. The Balaban J connectivity index is 1.67. The zero-order chi connectivity index (χ0) is 13.7. The van der Waals surface area contributed by atoms with Crippen LogP contribution >= 0.6 is 11.3 Å². The van der Waals surface area contributed by atoms with Crippen molar-refractivity contribution in [3.63, 3.8) is 0 Å². The molecule has 0 unspecified atom stereocenters. The van der Waals surface area contributed by atoms with Crippen LogP contribution in [0.2, 0.25) is 0 Å². The van der Waals surface area contributed by atoms with Crippen molar-refractivity contribution < 1.29 is 9.53 Å². The van der Waals surface area contributed by atoms with Gasteiger partial charge in [-0.1, -0.05) is 0 Å². The number of thiophene rings is 1. The third-order valence-corrected chi connectivity index (χ3v) is 4.51. The zero-order valence-electron chi connectivity index (χ0n) is 11.8. The molecule has 1 aromatic heterocycles. The first-order valence-corrected chi connectivity index (χ1v) is 7.95. The van der Waals surface area contributed by atoms with E-state index >= 15 is 0 Å². The predicted octanol–water partition coefficient (Wildman–Crippen LogP) is 3.44. The van der Waals surface area contributed by atoms with Crippen LogP contribution in [-0.2, 0) is 4.74 Å². The molecule has 1 amide bonds. The van der Waals surface area contributed by atoms with Gasteiger partial charge in [0, 0.05) is 22.9 Å². The second-order valence-corrected chi connectivity index (χ2v) is 6.67. The second kappa shape index (κ2) is 7.06. The van der Waals surface area contributed by atoms with Crippen molar-refractivity contribution in [2.24, 2.45) is 0 Å². The molecular weight excluding hydrogens is 258 g/mol. The van der Waals surface area contributed by atoms with E-state index in [0.717, 1.165) is 36.4 Å². The molecule has 1 aliphatic rings. The van der Waals surface area contributed by atoms with Crippen LogP contribution in [-0.4, -0.2) is 25.2 Å². The Kier molecular flexibility index (Phi) is 5.40. The molecule has 19 heavy (non-hydrogen) atoms. The summed E-state index contributed by atoms with van der Waals surface area (Å²) in [5.41, 5.74) is 0.830. The third kappa shape index (κ3) is 4.32. The molecule has 3 nitrogen and oxygen atoms in total. The summed E-state index contributed by atoms with van der Waals surface area (Å²) in [7, 11) is 0. The lowest BCUT2D eigenvalue weighted by Crippen LogP contribution is -2.26. The number of aryl methyl sites for hydroxylation is 2. The lowest BCUT2D eigenvalue weighted by molar-refractivity contribution is 0.0102. The van der Waals surface area contributed by atoms with Gasteiger partial charge < -0.3 is 10.1 Å². The van der Waals surface area contributed by atoms with E-state index in [0.29, 0.717) is 6.10 Å². The van der Waals surface area contributed by atoms with Gasteiger partial charge in [-0.2, -0.15) is 0 Å². The molecule has 1 aliphatic heterocycles. The normalized spacial score (nSPS) is 19.4. The fourth-order valence-corrected chi connectivity index (χ4v) is 3.44. The molecule has 2 heterocycles. The largest absolute Gasteiger partial charge is 0.378 e. The molecule has 4 heteroatoms. The number of carbonyl (C=O) groups is 1. The lowest BCUT2D eigenvalue weighted by atomic mass is 10.0. The lowest BCUT2D eigenvalue weighted by Gasteiger charge is -2.22. The smallest absolute Gasteiger partial charge is 0.252 e. The molecule has 1 saturated heterocycles. The van der Waals surface area contributed by atoms with Gasteiger partial charge in [-0.3, -0.25) is 4.79 Å². The third-order valence-electron chi connectivity index (χ3n) is 3.55. The van der Waals surface area contributed by atoms with Crippen molar-refractivity contribution in [2.45, 2.75) is 52.1 Å². The van der Waals surface area contributed by atoms with Gasteiger partial charge in [0.25, 0.3) is 5.91 Å². The first-order valence-electron chi connectivity index (χ1n) is 7.13. The van der Waals surface area contributed by atoms with Crippen LogP contribution in [0.25, 0.3) is 0 Å². The summed E-state index contributed by atoms with van der Waals surface area (Å²) in [6, 6.07) is 1.97. The van der Waals surface area contributed by atoms with Crippen molar-refractivity contribution in [1.82, 2.24) is 5.32 Å². The Bertz CT molecular complexity index is 422. The average Bonchev–Trinajstić information content (AvgIpc) is 2.75. The predicted molar refractivity (Wildman–Crippen MR) is 79.0 cm³/mol. The van der Waals surface area contributed by atoms with Gasteiger partial charge in [0.2, 0.25) is 0 Å². The van der Waals surface area contributed by atoms with Crippen molar-refractivity contribution >= 4 is 17.2 Å². The number of ether oxygens (including phenoxy) is 1. The second-order valence-electron chi connectivity index (χ2n) is 5.21. The first kappa shape index (κ1) is 14.5. The van der Waals surface area contributed by atoms with Crippen LogP contribution < -0.4 is 5.32 Å². The van der Waals surface area contributed by atoms with E-state index in [2.05, 4.69) is 5.32 Å². The first-order chi connectivity index (χ1) is 9.16. The molecule has 0 bridgehead atoms. The van der Waals surface area contributed by atoms with Crippen LogP contribution in [0.3, 0.4) is 0 Å². The maximum Gasteiger partial charge on any atom is 0.252 e. The van der Waals surface area contributed by atoms with Crippen LogP contribution in [0.4, 0.5) is 0 Å². The molecule has 0 aliphatic carbocycles. The van der Waals surface area contributed by atoms with Gasteiger partial charge in [-0.15, -0.1) is 11.3 Å². The molecule has 1 fully saturated rings. The SMILES string of the molecule is Cc1cc(C(=O)NCCC[C@H]2CCCCO2)c(C)s1. The summed E-state index contributed by atoms with van der Waals surface area (Å²) in [5, 5.41) is 3.00. The zero-order valence-corrected chi connectivity index (χ0v) is 12.6. The number of nitrogens with one attached hydrogen (secondary N) is 1. The molecular formula is C15H23NO2S. The van der Waals surface area contributed by atoms with E-state index in [-0.39, 0.29) is 5.91 Å². The molecule has 1 aromatic rings. The van der Waals surface area contributed by atoms with E-state index in [1.54, 1.807) is 11.3 Å². The maximum absolute atomic E-state index is 12.0.